The monoisotopic (exact) mass is 326 g/mol. The van der Waals surface area contributed by atoms with Crippen molar-refractivity contribution in [1.82, 2.24) is 0 Å². The fourth-order valence-corrected chi connectivity index (χ4v) is 1.36. The van der Waals surface area contributed by atoms with Crippen molar-refractivity contribution in [2.45, 2.75) is 73.5 Å². The lowest BCUT2D eigenvalue weighted by molar-refractivity contribution is -0.143. The molecule has 1 saturated carbocycles. The van der Waals surface area contributed by atoms with Gasteiger partial charge in [0.25, 0.3) is 0 Å². The zero-order valence-corrected chi connectivity index (χ0v) is 15.8. The molecule has 1 fully saturated rings. The maximum atomic E-state index is 10.6. The summed E-state index contributed by atoms with van der Waals surface area (Å²) in [6.45, 7) is 20.1. The first-order chi connectivity index (χ1) is 10.5. The molecule has 4 heteroatoms. The van der Waals surface area contributed by atoms with Crippen LogP contribution in [-0.2, 0) is 19.1 Å². The van der Waals surface area contributed by atoms with E-state index < -0.39 is 0 Å². The Bertz CT molecular complexity index is 377. The summed E-state index contributed by atoms with van der Waals surface area (Å²) in [5.41, 5.74) is 0.448. The number of carbonyl (C=O) groups excluding carboxylic acids is 2. The average Bonchev–Trinajstić information content (AvgIpc) is 3.22. The minimum atomic E-state index is -0.361. The molecule has 0 aliphatic heterocycles. The Hall–Kier alpha value is -1.58. The molecule has 1 aliphatic rings. The first kappa shape index (κ1) is 23.7. The third-order valence-corrected chi connectivity index (χ3v) is 2.77. The van der Waals surface area contributed by atoms with Crippen molar-refractivity contribution in [3.05, 3.63) is 24.8 Å². The van der Waals surface area contributed by atoms with Gasteiger partial charge in [-0.1, -0.05) is 27.0 Å². The van der Waals surface area contributed by atoms with E-state index in [2.05, 4.69) is 31.7 Å². The van der Waals surface area contributed by atoms with Gasteiger partial charge in [-0.15, -0.1) is 0 Å². The van der Waals surface area contributed by atoms with Gasteiger partial charge in [0.1, 0.15) is 0 Å². The highest BCUT2D eigenvalue weighted by Gasteiger charge is 2.23. The highest BCUT2D eigenvalue weighted by atomic mass is 16.5. The van der Waals surface area contributed by atoms with Crippen LogP contribution in [0.25, 0.3) is 0 Å². The van der Waals surface area contributed by atoms with Gasteiger partial charge in [-0.05, 0) is 59.3 Å². The van der Waals surface area contributed by atoms with E-state index in [0.29, 0.717) is 5.57 Å². The van der Waals surface area contributed by atoms with Crippen LogP contribution in [0.3, 0.4) is 0 Å². The smallest absolute Gasteiger partial charge is 0.333 e. The Balaban J connectivity index is 0. The number of esters is 2. The molecule has 0 N–H and O–H groups in total. The van der Waals surface area contributed by atoms with E-state index in [-0.39, 0.29) is 24.1 Å². The molecule has 0 aromatic carbocycles. The fraction of sp³-hybridized carbons (Fsp3) is 0.684. The van der Waals surface area contributed by atoms with E-state index in [9.17, 15) is 9.59 Å². The molecule has 0 aromatic rings. The van der Waals surface area contributed by atoms with Crippen LogP contribution in [0.1, 0.15) is 61.3 Å². The second-order valence-electron chi connectivity index (χ2n) is 6.51. The third-order valence-electron chi connectivity index (χ3n) is 2.77. The van der Waals surface area contributed by atoms with Crippen molar-refractivity contribution >= 4 is 11.9 Å². The van der Waals surface area contributed by atoms with Gasteiger partial charge in [-0.25, -0.2) is 9.59 Å². The van der Waals surface area contributed by atoms with Crippen LogP contribution in [0, 0.1) is 11.8 Å². The Morgan fingerprint density at radius 1 is 1.00 bits per heavy atom. The second kappa shape index (κ2) is 12.9. The number of ether oxygens (including phenoxy) is 2. The van der Waals surface area contributed by atoms with Gasteiger partial charge < -0.3 is 9.47 Å². The molecule has 0 atom stereocenters. The molecule has 0 bridgehead atoms. The van der Waals surface area contributed by atoms with Gasteiger partial charge in [0, 0.05) is 11.6 Å². The summed E-state index contributed by atoms with van der Waals surface area (Å²) in [6, 6.07) is 0. The quantitative estimate of drug-likeness (QED) is 0.543. The summed E-state index contributed by atoms with van der Waals surface area (Å²) in [6.07, 6.45) is 4.06. The minimum Gasteiger partial charge on any atom is -0.460 e. The van der Waals surface area contributed by atoms with Gasteiger partial charge >= 0.3 is 11.9 Å². The largest absolute Gasteiger partial charge is 0.460 e. The van der Waals surface area contributed by atoms with E-state index in [4.69, 9.17) is 4.74 Å². The molecule has 0 spiro atoms. The molecule has 0 aromatic heterocycles. The van der Waals surface area contributed by atoms with Crippen molar-refractivity contribution in [3.63, 3.8) is 0 Å². The van der Waals surface area contributed by atoms with Crippen molar-refractivity contribution < 1.29 is 19.1 Å². The number of carbonyl (C=O) groups is 2. The van der Waals surface area contributed by atoms with E-state index in [0.717, 1.165) is 17.9 Å². The van der Waals surface area contributed by atoms with Crippen LogP contribution in [0.15, 0.2) is 24.8 Å². The molecule has 0 saturated heterocycles. The molecule has 23 heavy (non-hydrogen) atoms. The van der Waals surface area contributed by atoms with Gasteiger partial charge in [0.2, 0.25) is 0 Å². The lowest BCUT2D eigenvalue weighted by atomic mass is 10.1. The highest BCUT2D eigenvalue weighted by Crippen LogP contribution is 2.35. The number of hydrogen-bond acceptors (Lipinski definition) is 4. The molecular formula is C19H34O4. The molecule has 0 unspecified atom stereocenters. The lowest BCUT2D eigenvalue weighted by Crippen LogP contribution is -2.11. The van der Waals surface area contributed by atoms with Gasteiger partial charge in [-0.3, -0.25) is 0 Å². The first-order valence-corrected chi connectivity index (χ1v) is 8.20. The predicted octanol–water partition coefficient (Wildman–Crippen LogP) is 4.69. The molecule has 1 aliphatic carbocycles. The number of hydrogen-bond donors (Lipinski definition) is 0. The van der Waals surface area contributed by atoms with Crippen LogP contribution >= 0.6 is 0 Å². The molecule has 0 heterocycles. The van der Waals surface area contributed by atoms with Crippen LogP contribution in [0.4, 0.5) is 0 Å². The zero-order chi connectivity index (χ0) is 18.6. The normalized spacial score (nSPS) is 12.6. The molecule has 134 valence electrons. The summed E-state index contributed by atoms with van der Waals surface area (Å²) in [4.78, 5) is 20.9. The molecule has 0 radical (unpaired) electrons. The van der Waals surface area contributed by atoms with E-state index >= 15 is 0 Å². The van der Waals surface area contributed by atoms with Crippen molar-refractivity contribution in [1.29, 1.82) is 0 Å². The summed E-state index contributed by atoms with van der Waals surface area (Å²) in [7, 11) is 0. The number of rotatable bonds is 5. The third kappa shape index (κ3) is 18.4. The summed E-state index contributed by atoms with van der Waals surface area (Å²) >= 11 is 0. The Kier molecular flexibility index (Phi) is 13.3. The van der Waals surface area contributed by atoms with Crippen molar-refractivity contribution in [2.75, 3.05) is 0 Å². The Morgan fingerprint density at radius 2 is 1.43 bits per heavy atom. The van der Waals surface area contributed by atoms with Crippen molar-refractivity contribution in [2.24, 2.45) is 11.8 Å². The zero-order valence-electron chi connectivity index (χ0n) is 15.8. The van der Waals surface area contributed by atoms with Crippen molar-refractivity contribution in [3.8, 4) is 0 Å². The maximum Gasteiger partial charge on any atom is 0.333 e. The van der Waals surface area contributed by atoms with Gasteiger partial charge in [0.15, 0.2) is 0 Å². The minimum absolute atomic E-state index is 0.0412. The average molecular weight is 326 g/mol. The summed E-state index contributed by atoms with van der Waals surface area (Å²) < 4.78 is 9.42. The van der Waals surface area contributed by atoms with E-state index in [1.165, 1.54) is 12.8 Å². The molecule has 0 amide bonds. The SMILES string of the molecule is C=C(C)C(=O)OC(C)C.C=CC(=O)OC(C)C.CC(C)C1CC1. The highest BCUT2D eigenvalue weighted by molar-refractivity contribution is 5.87. The standard InChI is InChI=1S/C7H12O2.C6H10O2.C6H12/c1-5(2)7(8)9-6(3)4;1-4-6(7)8-5(2)3;1-5(2)6-3-4-6/h6H,1H2,2-4H3;4-5H,1H2,2-3H3;5-6H,3-4H2,1-2H3. The summed E-state index contributed by atoms with van der Waals surface area (Å²) in [5, 5.41) is 0. The molecular weight excluding hydrogens is 292 g/mol. The molecule has 4 nitrogen and oxygen atoms in total. The van der Waals surface area contributed by atoms with Crippen LogP contribution in [0.5, 0.6) is 0 Å². The van der Waals surface area contributed by atoms with E-state index in [1.54, 1.807) is 34.6 Å². The van der Waals surface area contributed by atoms with Crippen LogP contribution in [-0.4, -0.2) is 24.1 Å². The Morgan fingerprint density at radius 3 is 1.52 bits per heavy atom. The van der Waals surface area contributed by atoms with Gasteiger partial charge in [0.05, 0.1) is 12.2 Å². The predicted molar refractivity (Wildman–Crippen MR) is 95.0 cm³/mol. The summed E-state index contributed by atoms with van der Waals surface area (Å²) in [5.74, 6) is 1.39. The maximum absolute atomic E-state index is 10.6. The van der Waals surface area contributed by atoms with E-state index in [1.807, 2.05) is 0 Å². The second-order valence-corrected chi connectivity index (χ2v) is 6.51. The van der Waals surface area contributed by atoms with Crippen LogP contribution < -0.4 is 0 Å². The van der Waals surface area contributed by atoms with Crippen LogP contribution in [0.2, 0.25) is 0 Å². The lowest BCUT2D eigenvalue weighted by Gasteiger charge is -2.05. The molecule has 1 rings (SSSR count). The van der Waals surface area contributed by atoms with Gasteiger partial charge in [-0.2, -0.15) is 0 Å². The topological polar surface area (TPSA) is 52.6 Å². The fourth-order valence-electron chi connectivity index (χ4n) is 1.36. The Labute approximate surface area is 141 Å². The first-order valence-electron chi connectivity index (χ1n) is 8.20.